The van der Waals surface area contributed by atoms with Gasteiger partial charge in [-0.25, -0.2) is 14.4 Å². The van der Waals surface area contributed by atoms with E-state index in [1.807, 2.05) is 6.07 Å². The van der Waals surface area contributed by atoms with E-state index < -0.39 is 5.82 Å². The molecule has 3 aromatic rings. The number of rotatable bonds is 7. The monoisotopic (exact) mass is 395 g/mol. The number of hydrogen-bond donors (Lipinski definition) is 3. The molecule has 0 bridgehead atoms. The van der Waals surface area contributed by atoms with Gasteiger partial charge in [0.25, 0.3) is 0 Å². The lowest BCUT2D eigenvalue weighted by Gasteiger charge is -2.28. The molecule has 2 aromatic heterocycles. The number of halogens is 1. The zero-order valence-electron chi connectivity index (χ0n) is 15.8. The number of benzene rings is 1. The van der Waals surface area contributed by atoms with Crippen LogP contribution in [0, 0.1) is 5.82 Å². The molecular formula is C20H22FN7O. The highest BCUT2D eigenvalue weighted by molar-refractivity contribution is 5.64. The molecule has 0 radical (unpaired) electrons. The van der Waals surface area contributed by atoms with Crippen LogP contribution in [0.2, 0.25) is 0 Å². The van der Waals surface area contributed by atoms with Gasteiger partial charge in [-0.2, -0.15) is 4.98 Å². The summed E-state index contributed by atoms with van der Waals surface area (Å²) in [5, 5.41) is 3.09. The van der Waals surface area contributed by atoms with Gasteiger partial charge >= 0.3 is 0 Å². The molecule has 8 nitrogen and oxygen atoms in total. The lowest BCUT2D eigenvalue weighted by Crippen LogP contribution is -2.17. The summed E-state index contributed by atoms with van der Waals surface area (Å²) in [7, 11) is 0. The molecule has 5 N–H and O–H groups in total. The molecule has 1 aliphatic rings. The van der Waals surface area contributed by atoms with E-state index in [1.165, 1.54) is 12.4 Å². The Balaban J connectivity index is 1.53. The van der Waals surface area contributed by atoms with Crippen LogP contribution in [0.3, 0.4) is 0 Å². The molecule has 1 aliphatic carbocycles. The topological polar surface area (TPSA) is 125 Å². The maximum absolute atomic E-state index is 15.4. The van der Waals surface area contributed by atoms with Crippen molar-refractivity contribution in [2.24, 2.45) is 0 Å². The van der Waals surface area contributed by atoms with Crippen molar-refractivity contribution >= 4 is 17.6 Å². The minimum Gasteiger partial charge on any atom is -0.488 e. The summed E-state index contributed by atoms with van der Waals surface area (Å²) in [4.78, 5) is 16.1. The highest BCUT2D eigenvalue weighted by Crippen LogP contribution is 2.43. The lowest BCUT2D eigenvalue weighted by atomic mass is 9.79. The van der Waals surface area contributed by atoms with E-state index in [0.717, 1.165) is 24.8 Å². The van der Waals surface area contributed by atoms with Crippen LogP contribution in [0.15, 0.2) is 36.8 Å². The van der Waals surface area contributed by atoms with Gasteiger partial charge < -0.3 is 21.5 Å². The van der Waals surface area contributed by atoms with E-state index >= 15 is 4.39 Å². The van der Waals surface area contributed by atoms with Crippen molar-refractivity contribution in [2.75, 3.05) is 29.9 Å². The highest BCUT2D eigenvalue weighted by Gasteiger charge is 2.26. The van der Waals surface area contributed by atoms with Crippen molar-refractivity contribution in [1.82, 2.24) is 19.9 Å². The summed E-state index contributed by atoms with van der Waals surface area (Å²) in [5.41, 5.74) is 12.8. The molecular weight excluding hydrogens is 373 g/mol. The van der Waals surface area contributed by atoms with Crippen LogP contribution in [0.4, 0.5) is 22.0 Å². The van der Waals surface area contributed by atoms with E-state index in [4.69, 9.17) is 16.2 Å². The van der Waals surface area contributed by atoms with Gasteiger partial charge in [0.1, 0.15) is 18.2 Å². The predicted octanol–water partition coefficient (Wildman–Crippen LogP) is 3.00. The number of anilines is 3. The number of nitrogens with one attached hydrogen (secondary N) is 1. The van der Waals surface area contributed by atoms with Crippen molar-refractivity contribution in [1.29, 1.82) is 0 Å². The Morgan fingerprint density at radius 1 is 1.10 bits per heavy atom. The first kappa shape index (κ1) is 18.9. The minimum atomic E-state index is -0.431. The number of ether oxygens (including phenoxy) is 1. The number of hydrogen-bond acceptors (Lipinski definition) is 8. The molecule has 0 unspecified atom stereocenters. The molecule has 0 aliphatic heterocycles. The summed E-state index contributed by atoms with van der Waals surface area (Å²) in [5.74, 6) is 1.22. The first-order valence-electron chi connectivity index (χ1n) is 9.47. The Bertz CT molecular complexity index is 993. The van der Waals surface area contributed by atoms with Gasteiger partial charge in [0.15, 0.2) is 11.6 Å². The zero-order chi connectivity index (χ0) is 20.2. The molecule has 0 spiro atoms. The summed E-state index contributed by atoms with van der Waals surface area (Å²) >= 11 is 0. The molecule has 1 fully saturated rings. The Morgan fingerprint density at radius 3 is 2.66 bits per heavy atom. The molecule has 0 amide bonds. The standard InChI is InChI=1S/C20H22FN7O/c21-18-14(15-10-27-16(22)11-26-15)5-4-13(12-2-1-3-12)19(18)29-9-8-24-17-6-7-25-20(23)28-17/h4-7,10-12H,1-3,8-9H2,(H2,22,27)(H3,23,24,25,28). The van der Waals surface area contributed by atoms with E-state index in [-0.39, 0.29) is 24.1 Å². The third kappa shape index (κ3) is 4.18. The lowest BCUT2D eigenvalue weighted by molar-refractivity contribution is 0.301. The Hall–Kier alpha value is -3.49. The second-order valence-corrected chi connectivity index (χ2v) is 6.88. The number of nitrogens with two attached hydrogens (primary N) is 2. The zero-order valence-corrected chi connectivity index (χ0v) is 15.8. The van der Waals surface area contributed by atoms with Gasteiger partial charge in [-0.3, -0.25) is 4.98 Å². The van der Waals surface area contributed by atoms with E-state index in [9.17, 15) is 0 Å². The van der Waals surface area contributed by atoms with Gasteiger partial charge in [0.05, 0.1) is 24.6 Å². The van der Waals surface area contributed by atoms with E-state index in [0.29, 0.717) is 29.5 Å². The molecule has 1 saturated carbocycles. The summed E-state index contributed by atoms with van der Waals surface area (Å²) in [6.45, 7) is 0.698. The van der Waals surface area contributed by atoms with Crippen LogP contribution in [-0.4, -0.2) is 33.1 Å². The van der Waals surface area contributed by atoms with E-state index in [2.05, 4.69) is 25.3 Å². The first-order chi connectivity index (χ1) is 14.1. The normalized spacial score (nSPS) is 13.7. The fourth-order valence-electron chi connectivity index (χ4n) is 3.24. The average Bonchev–Trinajstić information content (AvgIpc) is 2.67. The van der Waals surface area contributed by atoms with Crippen LogP contribution < -0.4 is 21.5 Å². The fraction of sp³-hybridized carbons (Fsp3) is 0.300. The highest BCUT2D eigenvalue weighted by atomic mass is 19.1. The van der Waals surface area contributed by atoms with Gasteiger partial charge in [-0.15, -0.1) is 0 Å². The second-order valence-electron chi connectivity index (χ2n) is 6.88. The van der Waals surface area contributed by atoms with Crippen molar-refractivity contribution < 1.29 is 9.13 Å². The van der Waals surface area contributed by atoms with Gasteiger partial charge in [0, 0.05) is 17.3 Å². The van der Waals surface area contributed by atoms with Crippen LogP contribution in [0.1, 0.15) is 30.7 Å². The molecule has 0 saturated heterocycles. The van der Waals surface area contributed by atoms with Crippen LogP contribution in [0.5, 0.6) is 5.75 Å². The van der Waals surface area contributed by atoms with Crippen LogP contribution in [-0.2, 0) is 0 Å². The summed E-state index contributed by atoms with van der Waals surface area (Å²) in [6, 6.07) is 5.36. The molecule has 29 heavy (non-hydrogen) atoms. The molecule has 0 atom stereocenters. The van der Waals surface area contributed by atoms with Gasteiger partial charge in [-0.05, 0) is 30.9 Å². The van der Waals surface area contributed by atoms with Crippen LogP contribution in [0.25, 0.3) is 11.3 Å². The van der Waals surface area contributed by atoms with E-state index in [1.54, 1.807) is 18.3 Å². The Kier molecular flexibility index (Phi) is 5.37. The Morgan fingerprint density at radius 2 is 1.97 bits per heavy atom. The third-order valence-corrected chi connectivity index (χ3v) is 4.95. The summed E-state index contributed by atoms with van der Waals surface area (Å²) < 4.78 is 21.2. The molecule has 2 heterocycles. The molecule has 1 aromatic carbocycles. The number of aromatic nitrogens is 4. The predicted molar refractivity (Wildman–Crippen MR) is 109 cm³/mol. The fourth-order valence-corrected chi connectivity index (χ4v) is 3.24. The molecule has 9 heteroatoms. The van der Waals surface area contributed by atoms with Crippen molar-refractivity contribution in [3.8, 4) is 17.0 Å². The van der Waals surface area contributed by atoms with Crippen molar-refractivity contribution in [3.05, 3.63) is 48.2 Å². The van der Waals surface area contributed by atoms with Crippen molar-refractivity contribution in [2.45, 2.75) is 25.2 Å². The third-order valence-electron chi connectivity index (χ3n) is 4.95. The Labute approximate surface area is 167 Å². The largest absolute Gasteiger partial charge is 0.488 e. The van der Waals surface area contributed by atoms with Crippen molar-refractivity contribution in [3.63, 3.8) is 0 Å². The van der Waals surface area contributed by atoms with Crippen LogP contribution >= 0.6 is 0 Å². The number of nitrogen functional groups attached to an aromatic ring is 2. The van der Waals surface area contributed by atoms with Gasteiger partial charge in [0.2, 0.25) is 5.95 Å². The SMILES string of the molecule is Nc1cnc(-c2ccc(C3CCC3)c(OCCNc3ccnc(N)n3)c2F)cn1. The maximum atomic E-state index is 15.4. The molecule has 150 valence electrons. The summed E-state index contributed by atoms with van der Waals surface area (Å²) in [6.07, 6.45) is 7.66. The average molecular weight is 395 g/mol. The maximum Gasteiger partial charge on any atom is 0.221 e. The molecule has 4 rings (SSSR count). The second kappa shape index (κ2) is 8.26. The quantitative estimate of drug-likeness (QED) is 0.522. The first-order valence-corrected chi connectivity index (χ1v) is 9.47. The minimum absolute atomic E-state index is 0.187. The number of nitrogens with zero attached hydrogens (tertiary/aromatic N) is 4. The van der Waals surface area contributed by atoms with Gasteiger partial charge in [-0.1, -0.05) is 12.5 Å². The smallest absolute Gasteiger partial charge is 0.221 e.